The third-order valence-electron chi connectivity index (χ3n) is 2.12. The minimum atomic E-state index is -1.11. The van der Waals surface area contributed by atoms with Crippen molar-refractivity contribution >= 4 is 8.07 Å². The maximum atomic E-state index is 3.39. The van der Waals surface area contributed by atoms with Crippen LogP contribution in [0, 0.1) is 11.5 Å². The second kappa shape index (κ2) is 6.31. The van der Waals surface area contributed by atoms with Crippen LogP contribution in [0.25, 0.3) is 0 Å². The Bertz CT molecular complexity index is 160. The molecule has 1 heteroatoms. The summed E-state index contributed by atoms with van der Waals surface area (Å²) >= 11 is 0. The van der Waals surface area contributed by atoms with Crippen LogP contribution in [0.1, 0.15) is 39.5 Å². The first kappa shape index (κ1) is 11.8. The first-order valence-corrected chi connectivity index (χ1v) is 8.27. The highest BCUT2D eigenvalue weighted by molar-refractivity contribution is 6.85. The maximum Gasteiger partial charge on any atom is 0.132 e. The molecule has 0 nitrogen and oxygen atoms in total. The maximum absolute atomic E-state index is 3.39. The van der Waals surface area contributed by atoms with Crippen molar-refractivity contribution in [2.45, 2.75) is 58.7 Å². The Kier molecular flexibility index (Phi) is 6.19. The number of hydrogen-bond donors (Lipinski definition) is 0. The van der Waals surface area contributed by atoms with Crippen LogP contribution in [0.3, 0.4) is 0 Å². The molecule has 0 aliphatic carbocycles. The average Bonchev–Trinajstić information content (AvgIpc) is 1.98. The van der Waals surface area contributed by atoms with Crippen LogP contribution in [0.15, 0.2) is 0 Å². The van der Waals surface area contributed by atoms with E-state index in [1.807, 2.05) is 6.92 Å². The summed E-state index contributed by atoms with van der Waals surface area (Å²) in [6, 6.07) is 1.38. The lowest BCUT2D eigenvalue weighted by Gasteiger charge is -2.13. The highest BCUT2D eigenvalue weighted by Crippen LogP contribution is 2.14. The van der Waals surface area contributed by atoms with E-state index in [4.69, 9.17) is 0 Å². The lowest BCUT2D eigenvalue weighted by molar-refractivity contribution is 0.697. The Morgan fingerprint density at radius 3 is 2.25 bits per heavy atom. The Labute approximate surface area is 78.8 Å². The van der Waals surface area contributed by atoms with E-state index in [9.17, 15) is 0 Å². The fraction of sp³-hybridized carbons (Fsp3) is 0.818. The Hall–Kier alpha value is -0.223. The van der Waals surface area contributed by atoms with Crippen LogP contribution >= 0.6 is 0 Å². The molecule has 0 heterocycles. The van der Waals surface area contributed by atoms with Crippen molar-refractivity contribution in [1.82, 2.24) is 0 Å². The smallest absolute Gasteiger partial charge is 0.132 e. The molecular weight excluding hydrogens is 160 g/mol. The highest BCUT2D eigenvalue weighted by atomic mass is 28.3. The molecule has 0 fully saturated rings. The summed E-state index contributed by atoms with van der Waals surface area (Å²) < 4.78 is 0. The van der Waals surface area contributed by atoms with Gasteiger partial charge in [0.1, 0.15) is 8.07 Å². The van der Waals surface area contributed by atoms with Crippen LogP contribution in [-0.4, -0.2) is 8.07 Å². The van der Waals surface area contributed by atoms with Crippen LogP contribution in [0.4, 0.5) is 0 Å². The molecule has 0 rings (SSSR count). The van der Waals surface area contributed by atoms with Crippen molar-refractivity contribution in [3.63, 3.8) is 0 Å². The molecule has 0 aromatic carbocycles. The molecule has 0 spiro atoms. The molecule has 0 aliphatic heterocycles. The zero-order chi connectivity index (χ0) is 9.45. The molecule has 0 saturated heterocycles. The lowest BCUT2D eigenvalue weighted by Crippen LogP contribution is -2.22. The summed E-state index contributed by atoms with van der Waals surface area (Å²) in [7, 11) is -1.11. The van der Waals surface area contributed by atoms with Crippen molar-refractivity contribution in [2.24, 2.45) is 0 Å². The standard InChI is InChI=1S/C11H22Si/c1-5-7-8-9-11-12(3,4)10-6-2/h5,7-9,11H2,1-4H3. The lowest BCUT2D eigenvalue weighted by atomic mass is 10.2. The van der Waals surface area contributed by atoms with E-state index in [0.29, 0.717) is 0 Å². The predicted molar refractivity (Wildman–Crippen MR) is 59.9 cm³/mol. The fourth-order valence-corrected chi connectivity index (χ4v) is 3.33. The molecule has 0 atom stereocenters. The summed E-state index contributed by atoms with van der Waals surface area (Å²) in [6.45, 7) is 8.96. The molecule has 0 N–H and O–H groups in total. The number of rotatable bonds is 5. The van der Waals surface area contributed by atoms with Gasteiger partial charge in [-0.05, 0) is 13.0 Å². The topological polar surface area (TPSA) is 0 Å². The predicted octanol–water partition coefficient (Wildman–Crippen LogP) is 3.84. The van der Waals surface area contributed by atoms with E-state index in [0.717, 1.165) is 0 Å². The minimum absolute atomic E-state index is 1.11. The quantitative estimate of drug-likeness (QED) is 0.344. The second-order valence-corrected chi connectivity index (χ2v) is 8.59. The van der Waals surface area contributed by atoms with Gasteiger partial charge in [-0.3, -0.25) is 0 Å². The van der Waals surface area contributed by atoms with Gasteiger partial charge in [0, 0.05) is 0 Å². The largest absolute Gasteiger partial charge is 0.132 e. The molecule has 0 amide bonds. The van der Waals surface area contributed by atoms with Gasteiger partial charge in [-0.25, -0.2) is 0 Å². The number of hydrogen-bond acceptors (Lipinski definition) is 0. The molecule has 0 aliphatic rings. The van der Waals surface area contributed by atoms with Gasteiger partial charge in [0.15, 0.2) is 0 Å². The monoisotopic (exact) mass is 182 g/mol. The van der Waals surface area contributed by atoms with Gasteiger partial charge in [0.2, 0.25) is 0 Å². The molecule has 0 aromatic rings. The minimum Gasteiger partial charge on any atom is -0.132 e. The molecule has 0 radical (unpaired) electrons. The van der Waals surface area contributed by atoms with Crippen LogP contribution < -0.4 is 0 Å². The van der Waals surface area contributed by atoms with Gasteiger partial charge in [-0.2, -0.15) is 0 Å². The van der Waals surface area contributed by atoms with E-state index >= 15 is 0 Å². The highest BCUT2D eigenvalue weighted by Gasteiger charge is 2.16. The van der Waals surface area contributed by atoms with Gasteiger partial charge in [-0.15, -0.1) is 11.5 Å². The van der Waals surface area contributed by atoms with Crippen LogP contribution in [0.2, 0.25) is 19.1 Å². The van der Waals surface area contributed by atoms with Gasteiger partial charge in [0.25, 0.3) is 0 Å². The van der Waals surface area contributed by atoms with Gasteiger partial charge < -0.3 is 0 Å². The third-order valence-corrected chi connectivity index (χ3v) is 4.65. The van der Waals surface area contributed by atoms with Crippen molar-refractivity contribution in [3.8, 4) is 11.5 Å². The fourth-order valence-electron chi connectivity index (χ4n) is 1.39. The van der Waals surface area contributed by atoms with Gasteiger partial charge >= 0.3 is 0 Å². The molecular formula is C11H22Si. The molecule has 0 aromatic heterocycles. The summed E-state index contributed by atoms with van der Waals surface area (Å²) in [4.78, 5) is 0. The average molecular weight is 182 g/mol. The van der Waals surface area contributed by atoms with Crippen molar-refractivity contribution in [2.75, 3.05) is 0 Å². The number of unbranched alkanes of at least 4 members (excludes halogenated alkanes) is 3. The molecule has 12 heavy (non-hydrogen) atoms. The summed E-state index contributed by atoms with van der Waals surface area (Å²) in [5.74, 6) is 3.06. The molecule has 0 bridgehead atoms. The normalized spacial score (nSPS) is 10.7. The summed E-state index contributed by atoms with van der Waals surface area (Å²) in [6.07, 6.45) is 5.52. The van der Waals surface area contributed by atoms with E-state index in [-0.39, 0.29) is 0 Å². The van der Waals surface area contributed by atoms with Gasteiger partial charge in [-0.1, -0.05) is 45.7 Å². The van der Waals surface area contributed by atoms with Crippen LogP contribution in [-0.2, 0) is 0 Å². The Morgan fingerprint density at radius 2 is 1.75 bits per heavy atom. The zero-order valence-corrected chi connectivity index (χ0v) is 10.0. The molecule has 0 saturated carbocycles. The van der Waals surface area contributed by atoms with E-state index in [1.165, 1.54) is 31.7 Å². The first-order chi connectivity index (χ1) is 5.62. The van der Waals surface area contributed by atoms with Crippen LogP contribution in [0.5, 0.6) is 0 Å². The van der Waals surface area contributed by atoms with Crippen molar-refractivity contribution in [3.05, 3.63) is 0 Å². The zero-order valence-electron chi connectivity index (χ0n) is 9.04. The summed E-state index contributed by atoms with van der Waals surface area (Å²) in [5, 5.41) is 0. The molecule has 0 unspecified atom stereocenters. The Balaban J connectivity index is 3.52. The van der Waals surface area contributed by atoms with Gasteiger partial charge in [0.05, 0.1) is 0 Å². The first-order valence-electron chi connectivity index (χ1n) is 5.06. The van der Waals surface area contributed by atoms with E-state index in [2.05, 4.69) is 31.5 Å². The molecule has 70 valence electrons. The van der Waals surface area contributed by atoms with E-state index in [1.54, 1.807) is 0 Å². The SMILES string of the molecule is CC#C[Si](C)(C)CCCCCC. The van der Waals surface area contributed by atoms with Crippen molar-refractivity contribution < 1.29 is 0 Å². The second-order valence-electron chi connectivity index (χ2n) is 4.07. The summed E-state index contributed by atoms with van der Waals surface area (Å²) in [5.41, 5.74) is 3.39. The van der Waals surface area contributed by atoms with E-state index < -0.39 is 8.07 Å². The van der Waals surface area contributed by atoms with Crippen molar-refractivity contribution in [1.29, 1.82) is 0 Å². The Morgan fingerprint density at radius 1 is 1.08 bits per heavy atom. The third kappa shape index (κ3) is 6.48.